The molecule has 0 unspecified atom stereocenters. The Morgan fingerprint density at radius 3 is 2.38 bits per heavy atom. The van der Waals surface area contributed by atoms with Crippen LogP contribution in [-0.2, 0) is 0 Å². The molecule has 0 amide bonds. The maximum Gasteiger partial charge on any atom is 0.273 e. The van der Waals surface area contributed by atoms with Crippen LogP contribution in [0.2, 0.25) is 0 Å². The van der Waals surface area contributed by atoms with Crippen molar-refractivity contribution in [2.45, 2.75) is 20.8 Å². The third-order valence-electron chi connectivity index (χ3n) is 4.84. The number of hydrogen-bond acceptors (Lipinski definition) is 4. The average molecular weight is 390 g/mol. The molecule has 6 heteroatoms. The summed E-state index contributed by atoms with van der Waals surface area (Å²) in [4.78, 5) is 23.0. The van der Waals surface area contributed by atoms with Crippen LogP contribution in [0.25, 0.3) is 11.8 Å². The van der Waals surface area contributed by atoms with Crippen molar-refractivity contribution in [3.63, 3.8) is 0 Å². The molecular formula is C23H22N2O4. The smallest absolute Gasteiger partial charge is 0.273 e. The zero-order valence-corrected chi connectivity index (χ0v) is 16.8. The molecule has 0 bridgehead atoms. The van der Waals surface area contributed by atoms with Crippen LogP contribution in [0.5, 0.6) is 5.75 Å². The fraction of sp³-hybridized carbons (Fsp3) is 0.174. The standard InChI is InChI=1S/C23H22N2O4/c1-15-5-7-18(8-6-15)22(26)12-9-19-13-16(2)24(17(19)3)21-11-10-20(25(27)28)14-23(21)29-4/h5-14H,1-4H3/b12-9+. The molecular weight excluding hydrogens is 368 g/mol. The second kappa shape index (κ2) is 8.14. The Kier molecular flexibility index (Phi) is 5.64. The zero-order chi connectivity index (χ0) is 21.1. The summed E-state index contributed by atoms with van der Waals surface area (Å²) in [5.41, 5.74) is 5.14. The molecule has 3 rings (SSSR count). The van der Waals surface area contributed by atoms with E-state index in [2.05, 4.69) is 0 Å². The van der Waals surface area contributed by atoms with Gasteiger partial charge in [0.25, 0.3) is 5.69 Å². The van der Waals surface area contributed by atoms with E-state index in [1.54, 1.807) is 18.2 Å². The number of nitro benzene ring substituents is 1. The van der Waals surface area contributed by atoms with Gasteiger partial charge in [0, 0.05) is 23.0 Å². The molecule has 29 heavy (non-hydrogen) atoms. The molecule has 0 radical (unpaired) electrons. The molecule has 1 aromatic heterocycles. The first-order valence-electron chi connectivity index (χ1n) is 9.12. The van der Waals surface area contributed by atoms with Gasteiger partial charge in [-0.15, -0.1) is 0 Å². The van der Waals surface area contributed by atoms with Gasteiger partial charge < -0.3 is 9.30 Å². The number of benzene rings is 2. The third kappa shape index (κ3) is 4.11. The maximum absolute atomic E-state index is 12.4. The Hall–Kier alpha value is -3.67. The van der Waals surface area contributed by atoms with Gasteiger partial charge >= 0.3 is 0 Å². The lowest BCUT2D eigenvalue weighted by atomic mass is 10.1. The number of nitrogens with zero attached hydrogens (tertiary/aromatic N) is 2. The van der Waals surface area contributed by atoms with Gasteiger partial charge in [0.05, 0.1) is 23.8 Å². The molecule has 148 valence electrons. The van der Waals surface area contributed by atoms with Crippen molar-refractivity contribution in [1.29, 1.82) is 0 Å². The highest BCUT2D eigenvalue weighted by atomic mass is 16.6. The highest BCUT2D eigenvalue weighted by Gasteiger charge is 2.16. The molecule has 1 heterocycles. The van der Waals surface area contributed by atoms with Gasteiger partial charge in [-0.1, -0.05) is 29.8 Å². The van der Waals surface area contributed by atoms with Crippen LogP contribution in [0, 0.1) is 30.9 Å². The van der Waals surface area contributed by atoms with Gasteiger partial charge in [0.15, 0.2) is 5.78 Å². The summed E-state index contributed by atoms with van der Waals surface area (Å²) in [6, 6.07) is 13.9. The normalized spacial score (nSPS) is 11.0. The molecule has 0 aliphatic carbocycles. The van der Waals surface area contributed by atoms with Crippen molar-refractivity contribution in [3.05, 3.63) is 92.8 Å². The molecule has 0 N–H and O–H groups in total. The van der Waals surface area contributed by atoms with Crippen LogP contribution < -0.4 is 4.74 Å². The highest BCUT2D eigenvalue weighted by molar-refractivity contribution is 6.06. The van der Waals surface area contributed by atoms with Crippen molar-refractivity contribution in [3.8, 4) is 11.4 Å². The number of aromatic nitrogens is 1. The van der Waals surface area contributed by atoms with Crippen molar-refractivity contribution in [1.82, 2.24) is 4.57 Å². The molecule has 0 aliphatic rings. The van der Waals surface area contributed by atoms with Crippen LogP contribution in [0.3, 0.4) is 0 Å². The Balaban J connectivity index is 1.96. The van der Waals surface area contributed by atoms with Gasteiger partial charge in [-0.3, -0.25) is 14.9 Å². The van der Waals surface area contributed by atoms with E-state index < -0.39 is 4.92 Å². The van der Waals surface area contributed by atoms with E-state index in [1.165, 1.54) is 19.2 Å². The van der Waals surface area contributed by atoms with Crippen molar-refractivity contribution in [2.75, 3.05) is 7.11 Å². The molecule has 2 aromatic carbocycles. The third-order valence-corrected chi connectivity index (χ3v) is 4.84. The summed E-state index contributed by atoms with van der Waals surface area (Å²) in [6.45, 7) is 5.85. The summed E-state index contributed by atoms with van der Waals surface area (Å²) < 4.78 is 7.34. The number of allylic oxidation sites excluding steroid dienone is 1. The predicted octanol–water partition coefficient (Wildman–Crippen LogP) is 5.22. The number of ketones is 1. The summed E-state index contributed by atoms with van der Waals surface area (Å²) in [5.74, 6) is 0.343. The fourth-order valence-corrected chi connectivity index (χ4v) is 3.27. The monoisotopic (exact) mass is 390 g/mol. The maximum atomic E-state index is 12.4. The number of non-ortho nitro benzene ring substituents is 1. The van der Waals surface area contributed by atoms with E-state index in [1.807, 2.05) is 55.7 Å². The second-order valence-electron chi connectivity index (χ2n) is 6.84. The average Bonchev–Trinajstić information content (AvgIpc) is 2.99. The van der Waals surface area contributed by atoms with E-state index >= 15 is 0 Å². The SMILES string of the molecule is COc1cc([N+](=O)[O-])ccc1-n1c(C)cc(/C=C/C(=O)c2ccc(C)cc2)c1C. The number of carbonyl (C=O) groups is 1. The van der Waals surface area contributed by atoms with Crippen LogP contribution in [0.15, 0.2) is 54.6 Å². The minimum atomic E-state index is -0.452. The first-order chi connectivity index (χ1) is 13.8. The Labute approximate surface area is 169 Å². The minimum Gasteiger partial charge on any atom is -0.494 e. The number of methoxy groups -OCH3 is 1. The number of carbonyl (C=O) groups excluding carboxylic acids is 1. The van der Waals surface area contributed by atoms with E-state index in [4.69, 9.17) is 4.74 Å². The Morgan fingerprint density at radius 1 is 1.07 bits per heavy atom. The van der Waals surface area contributed by atoms with Crippen molar-refractivity contribution < 1.29 is 14.5 Å². The van der Waals surface area contributed by atoms with Gasteiger partial charge in [0.2, 0.25) is 0 Å². The van der Waals surface area contributed by atoms with E-state index in [-0.39, 0.29) is 11.5 Å². The summed E-state index contributed by atoms with van der Waals surface area (Å²) in [6.07, 6.45) is 3.35. The summed E-state index contributed by atoms with van der Waals surface area (Å²) in [5, 5.41) is 11.0. The second-order valence-corrected chi connectivity index (χ2v) is 6.84. The van der Waals surface area contributed by atoms with Gasteiger partial charge in [-0.25, -0.2) is 0 Å². The fourth-order valence-electron chi connectivity index (χ4n) is 3.27. The molecule has 0 saturated heterocycles. The molecule has 3 aromatic rings. The largest absolute Gasteiger partial charge is 0.494 e. The first kappa shape index (κ1) is 20.1. The minimum absolute atomic E-state index is 0.0307. The Bertz CT molecular complexity index is 1110. The number of nitro groups is 1. The molecule has 0 spiro atoms. The van der Waals surface area contributed by atoms with E-state index in [9.17, 15) is 14.9 Å². The number of aryl methyl sites for hydroxylation is 2. The number of hydrogen-bond donors (Lipinski definition) is 0. The van der Waals surface area contributed by atoms with Crippen molar-refractivity contribution >= 4 is 17.5 Å². The molecule has 6 nitrogen and oxygen atoms in total. The molecule has 0 fully saturated rings. The summed E-state index contributed by atoms with van der Waals surface area (Å²) in [7, 11) is 1.48. The number of ether oxygens (including phenoxy) is 1. The van der Waals surface area contributed by atoms with E-state index in [0.717, 1.165) is 22.5 Å². The zero-order valence-electron chi connectivity index (χ0n) is 16.8. The van der Waals surface area contributed by atoms with Gasteiger partial charge in [-0.2, -0.15) is 0 Å². The lowest BCUT2D eigenvalue weighted by Gasteiger charge is -2.13. The first-order valence-corrected chi connectivity index (χ1v) is 9.12. The number of rotatable bonds is 6. The lowest BCUT2D eigenvalue weighted by Crippen LogP contribution is -2.03. The van der Waals surface area contributed by atoms with Gasteiger partial charge in [-0.05, 0) is 50.6 Å². The topological polar surface area (TPSA) is 74.4 Å². The van der Waals surface area contributed by atoms with Crippen LogP contribution in [0.1, 0.15) is 32.9 Å². The van der Waals surface area contributed by atoms with Gasteiger partial charge in [0.1, 0.15) is 5.75 Å². The Morgan fingerprint density at radius 2 is 1.76 bits per heavy atom. The lowest BCUT2D eigenvalue weighted by molar-refractivity contribution is -0.384. The van der Waals surface area contributed by atoms with E-state index in [0.29, 0.717) is 17.0 Å². The molecule has 0 atom stereocenters. The van der Waals surface area contributed by atoms with Crippen LogP contribution in [0.4, 0.5) is 5.69 Å². The molecule has 0 saturated carbocycles. The summed E-state index contributed by atoms with van der Waals surface area (Å²) >= 11 is 0. The molecule has 0 aliphatic heterocycles. The predicted molar refractivity (Wildman–Crippen MR) is 113 cm³/mol. The quantitative estimate of drug-likeness (QED) is 0.250. The highest BCUT2D eigenvalue weighted by Crippen LogP contribution is 2.31. The van der Waals surface area contributed by atoms with Crippen LogP contribution >= 0.6 is 0 Å². The van der Waals surface area contributed by atoms with Crippen molar-refractivity contribution in [2.24, 2.45) is 0 Å². The van der Waals surface area contributed by atoms with Crippen LogP contribution in [-0.4, -0.2) is 22.4 Å².